The molecule has 0 amide bonds. The molecular formula is C11H15NO3. The molecule has 15 heavy (non-hydrogen) atoms. The van der Waals surface area contributed by atoms with E-state index in [0.717, 1.165) is 0 Å². The lowest BCUT2D eigenvalue weighted by molar-refractivity contribution is 0.0689. The number of rotatable bonds is 3. The van der Waals surface area contributed by atoms with Gasteiger partial charge in [-0.3, -0.25) is 4.79 Å². The van der Waals surface area contributed by atoms with E-state index in [1.807, 2.05) is 13.8 Å². The molecule has 0 spiro atoms. The van der Waals surface area contributed by atoms with Gasteiger partial charge in [0.1, 0.15) is 5.69 Å². The van der Waals surface area contributed by atoms with Gasteiger partial charge in [-0.1, -0.05) is 13.8 Å². The highest BCUT2D eigenvalue weighted by Gasteiger charge is 2.23. The van der Waals surface area contributed by atoms with E-state index in [1.54, 1.807) is 6.92 Å². The molecule has 0 unspecified atom stereocenters. The molecule has 0 saturated carbocycles. The van der Waals surface area contributed by atoms with Crippen molar-refractivity contribution in [3.8, 4) is 0 Å². The zero-order chi connectivity index (χ0) is 11.7. The number of nitrogens with one attached hydrogen (secondary N) is 1. The van der Waals surface area contributed by atoms with Gasteiger partial charge in [-0.2, -0.15) is 0 Å². The van der Waals surface area contributed by atoms with Gasteiger partial charge in [0, 0.05) is 11.3 Å². The van der Waals surface area contributed by atoms with E-state index in [1.165, 1.54) is 6.92 Å². The second-order valence-corrected chi connectivity index (χ2v) is 3.93. The number of aromatic nitrogens is 1. The molecule has 0 saturated heterocycles. The molecular weight excluding hydrogens is 194 g/mol. The molecule has 0 fully saturated rings. The predicted octanol–water partition coefficient (Wildman–Crippen LogP) is 2.35. The Bertz CT molecular complexity index is 416. The molecule has 1 rings (SSSR count). The van der Waals surface area contributed by atoms with Crippen molar-refractivity contribution < 1.29 is 14.7 Å². The van der Waals surface area contributed by atoms with E-state index in [-0.39, 0.29) is 17.4 Å². The quantitative estimate of drug-likeness (QED) is 0.750. The third-order valence-corrected chi connectivity index (χ3v) is 2.37. The number of H-pyrrole nitrogens is 1. The van der Waals surface area contributed by atoms with Crippen LogP contribution in [0.4, 0.5) is 0 Å². The van der Waals surface area contributed by atoms with Crippen molar-refractivity contribution in [2.75, 3.05) is 0 Å². The highest BCUT2D eigenvalue weighted by atomic mass is 16.4. The van der Waals surface area contributed by atoms with Crippen LogP contribution in [0.2, 0.25) is 0 Å². The summed E-state index contributed by atoms with van der Waals surface area (Å²) in [6, 6.07) is 0. The Labute approximate surface area is 88.3 Å². The standard InChI is InChI=1S/C11H15NO3/c1-5(2)8-9(7(4)13)6(3)12-10(8)11(14)15/h5,12H,1-4H3,(H,14,15). The Hall–Kier alpha value is -1.58. The van der Waals surface area contributed by atoms with Crippen molar-refractivity contribution in [3.63, 3.8) is 0 Å². The zero-order valence-corrected chi connectivity index (χ0v) is 9.34. The minimum absolute atomic E-state index is 0.0138. The normalized spacial score (nSPS) is 10.7. The van der Waals surface area contributed by atoms with Gasteiger partial charge in [-0.15, -0.1) is 0 Å². The number of ketones is 1. The molecule has 1 aromatic heterocycles. The van der Waals surface area contributed by atoms with Gasteiger partial charge in [0.2, 0.25) is 0 Å². The number of hydrogen-bond donors (Lipinski definition) is 2. The van der Waals surface area contributed by atoms with Crippen molar-refractivity contribution in [1.29, 1.82) is 0 Å². The molecule has 0 aliphatic heterocycles. The third kappa shape index (κ3) is 1.93. The van der Waals surface area contributed by atoms with E-state index in [4.69, 9.17) is 5.11 Å². The van der Waals surface area contributed by atoms with E-state index in [9.17, 15) is 9.59 Å². The molecule has 0 aromatic carbocycles. The number of aryl methyl sites for hydroxylation is 1. The Morgan fingerprint density at radius 3 is 2.20 bits per heavy atom. The van der Waals surface area contributed by atoms with E-state index < -0.39 is 5.97 Å². The maximum atomic E-state index is 11.4. The fraction of sp³-hybridized carbons (Fsp3) is 0.455. The van der Waals surface area contributed by atoms with Crippen molar-refractivity contribution in [3.05, 3.63) is 22.5 Å². The summed E-state index contributed by atoms with van der Waals surface area (Å²) in [6.07, 6.45) is 0. The Morgan fingerprint density at radius 2 is 1.87 bits per heavy atom. The average Bonchev–Trinajstić information content (AvgIpc) is 2.42. The second kappa shape index (κ2) is 3.88. The zero-order valence-electron chi connectivity index (χ0n) is 9.34. The van der Waals surface area contributed by atoms with Crippen LogP contribution in [0.15, 0.2) is 0 Å². The summed E-state index contributed by atoms with van der Waals surface area (Å²) >= 11 is 0. The average molecular weight is 209 g/mol. The van der Waals surface area contributed by atoms with Crippen molar-refractivity contribution in [2.45, 2.75) is 33.6 Å². The maximum Gasteiger partial charge on any atom is 0.352 e. The van der Waals surface area contributed by atoms with Gasteiger partial charge in [-0.05, 0) is 25.3 Å². The molecule has 0 aliphatic carbocycles. The fourth-order valence-electron chi connectivity index (χ4n) is 1.84. The highest BCUT2D eigenvalue weighted by molar-refractivity contribution is 6.01. The summed E-state index contributed by atoms with van der Waals surface area (Å²) in [5.41, 5.74) is 1.88. The van der Waals surface area contributed by atoms with Crippen LogP contribution in [0.1, 0.15) is 58.8 Å². The van der Waals surface area contributed by atoms with Crippen LogP contribution in [0.5, 0.6) is 0 Å². The molecule has 0 bridgehead atoms. The van der Waals surface area contributed by atoms with Crippen LogP contribution in [0.3, 0.4) is 0 Å². The highest BCUT2D eigenvalue weighted by Crippen LogP contribution is 2.27. The molecule has 2 N–H and O–H groups in total. The van der Waals surface area contributed by atoms with Gasteiger partial charge in [0.05, 0.1) is 0 Å². The Morgan fingerprint density at radius 1 is 1.33 bits per heavy atom. The molecule has 0 radical (unpaired) electrons. The van der Waals surface area contributed by atoms with Gasteiger partial charge in [0.25, 0.3) is 0 Å². The molecule has 4 nitrogen and oxygen atoms in total. The largest absolute Gasteiger partial charge is 0.477 e. The smallest absolute Gasteiger partial charge is 0.352 e. The number of carbonyl (C=O) groups excluding carboxylic acids is 1. The van der Waals surface area contributed by atoms with Crippen LogP contribution < -0.4 is 0 Å². The van der Waals surface area contributed by atoms with Gasteiger partial charge >= 0.3 is 5.97 Å². The molecule has 1 aromatic rings. The van der Waals surface area contributed by atoms with Gasteiger partial charge < -0.3 is 10.1 Å². The summed E-state index contributed by atoms with van der Waals surface area (Å²) in [6.45, 7) is 6.92. The summed E-state index contributed by atoms with van der Waals surface area (Å²) in [7, 11) is 0. The van der Waals surface area contributed by atoms with Crippen LogP contribution in [0, 0.1) is 6.92 Å². The van der Waals surface area contributed by atoms with Crippen LogP contribution >= 0.6 is 0 Å². The summed E-state index contributed by atoms with van der Waals surface area (Å²) in [5, 5.41) is 8.99. The first-order valence-corrected chi connectivity index (χ1v) is 4.83. The van der Waals surface area contributed by atoms with Crippen LogP contribution in [-0.2, 0) is 0 Å². The number of carbonyl (C=O) groups is 2. The first-order chi connectivity index (χ1) is 6.86. The topological polar surface area (TPSA) is 70.2 Å². The van der Waals surface area contributed by atoms with Crippen molar-refractivity contribution in [2.24, 2.45) is 0 Å². The number of carboxylic acid groups (broad SMARTS) is 1. The van der Waals surface area contributed by atoms with E-state index >= 15 is 0 Å². The Kier molecular flexibility index (Phi) is 2.98. The van der Waals surface area contributed by atoms with E-state index in [2.05, 4.69) is 4.98 Å². The number of aromatic carboxylic acids is 1. The second-order valence-electron chi connectivity index (χ2n) is 3.93. The lowest BCUT2D eigenvalue weighted by atomic mass is 9.95. The number of carboxylic acids is 1. The maximum absolute atomic E-state index is 11.4. The van der Waals surface area contributed by atoms with Crippen molar-refractivity contribution >= 4 is 11.8 Å². The fourth-order valence-corrected chi connectivity index (χ4v) is 1.84. The molecule has 0 aliphatic rings. The predicted molar refractivity (Wildman–Crippen MR) is 56.6 cm³/mol. The molecule has 1 heterocycles. The SMILES string of the molecule is CC(=O)c1c(C)[nH]c(C(=O)O)c1C(C)C. The lowest BCUT2D eigenvalue weighted by Gasteiger charge is -2.06. The Balaban J connectivity index is 3.51. The first-order valence-electron chi connectivity index (χ1n) is 4.83. The summed E-state index contributed by atoms with van der Waals surface area (Å²) < 4.78 is 0. The minimum Gasteiger partial charge on any atom is -0.477 e. The van der Waals surface area contributed by atoms with Gasteiger partial charge in [-0.25, -0.2) is 4.79 Å². The molecule has 4 heteroatoms. The molecule has 82 valence electrons. The third-order valence-electron chi connectivity index (χ3n) is 2.37. The number of hydrogen-bond acceptors (Lipinski definition) is 2. The molecule has 0 atom stereocenters. The summed E-state index contributed by atoms with van der Waals surface area (Å²) in [4.78, 5) is 25.1. The minimum atomic E-state index is -1.02. The summed E-state index contributed by atoms with van der Waals surface area (Å²) in [5.74, 6) is -1.10. The monoisotopic (exact) mass is 209 g/mol. The van der Waals surface area contributed by atoms with E-state index in [0.29, 0.717) is 16.8 Å². The van der Waals surface area contributed by atoms with Crippen LogP contribution in [0.25, 0.3) is 0 Å². The van der Waals surface area contributed by atoms with Crippen molar-refractivity contribution in [1.82, 2.24) is 4.98 Å². The number of Topliss-reactive ketones (excluding diaryl/α,β-unsaturated/α-hetero) is 1. The van der Waals surface area contributed by atoms with Gasteiger partial charge in [0.15, 0.2) is 5.78 Å². The lowest BCUT2D eigenvalue weighted by Crippen LogP contribution is -2.05. The first kappa shape index (κ1) is 11.5. The number of aromatic amines is 1. The van der Waals surface area contributed by atoms with Crippen LogP contribution in [-0.4, -0.2) is 21.8 Å².